The highest BCUT2D eigenvalue weighted by Gasteiger charge is 2.26. The van der Waals surface area contributed by atoms with Gasteiger partial charge in [-0.3, -0.25) is 0 Å². The molecule has 0 bridgehead atoms. The van der Waals surface area contributed by atoms with E-state index >= 15 is 0 Å². The fourth-order valence-corrected chi connectivity index (χ4v) is 2.80. The van der Waals surface area contributed by atoms with Crippen molar-refractivity contribution in [2.45, 2.75) is 66.2 Å². The summed E-state index contributed by atoms with van der Waals surface area (Å²) in [5.74, 6) is 1.02. The zero-order valence-electron chi connectivity index (χ0n) is 12.5. The van der Waals surface area contributed by atoms with Crippen LogP contribution in [0.5, 0.6) is 0 Å². The minimum Gasteiger partial charge on any atom is -0.303 e. The van der Waals surface area contributed by atoms with Crippen LogP contribution in [-0.4, -0.2) is 30.3 Å². The predicted octanol–water partition coefficient (Wildman–Crippen LogP) is 4.62. The highest BCUT2D eigenvalue weighted by atomic mass is 32.1. The Morgan fingerprint density at radius 1 is 0.882 bits per heavy atom. The Morgan fingerprint density at radius 2 is 1.35 bits per heavy atom. The van der Waals surface area contributed by atoms with Gasteiger partial charge in [0, 0.05) is 6.54 Å². The second kappa shape index (κ2) is 10.3. The van der Waals surface area contributed by atoms with Crippen molar-refractivity contribution in [1.29, 1.82) is 0 Å². The van der Waals surface area contributed by atoms with Crippen molar-refractivity contribution in [3.05, 3.63) is 0 Å². The van der Waals surface area contributed by atoms with Crippen molar-refractivity contribution in [3.8, 4) is 0 Å². The third-order valence-electron chi connectivity index (χ3n) is 4.05. The molecule has 0 rings (SSSR count). The summed E-state index contributed by atoms with van der Waals surface area (Å²) in [6, 6.07) is 0. The zero-order chi connectivity index (χ0) is 13.1. The molecule has 0 aromatic carbocycles. The lowest BCUT2D eigenvalue weighted by Crippen LogP contribution is -2.39. The van der Waals surface area contributed by atoms with E-state index in [-0.39, 0.29) is 0 Å². The molecule has 0 N–H and O–H groups in total. The molecular weight excluding hydrogens is 226 g/mol. The summed E-state index contributed by atoms with van der Waals surface area (Å²) in [6.45, 7) is 13.0. The summed E-state index contributed by atoms with van der Waals surface area (Å²) in [5.41, 5.74) is 0.435. The second-order valence-electron chi connectivity index (χ2n) is 5.35. The first kappa shape index (κ1) is 17.3. The number of unbranched alkanes of at least 4 members (excludes halogenated alkanes) is 2. The maximum Gasteiger partial charge on any atom is 0.00456 e. The highest BCUT2D eigenvalue weighted by molar-refractivity contribution is 7.80. The average Bonchev–Trinajstić information content (AvgIpc) is 2.38. The molecule has 0 saturated carbocycles. The zero-order valence-corrected chi connectivity index (χ0v) is 13.4. The quantitative estimate of drug-likeness (QED) is 0.530. The van der Waals surface area contributed by atoms with Crippen molar-refractivity contribution in [3.63, 3.8) is 0 Å². The van der Waals surface area contributed by atoms with Crippen molar-refractivity contribution in [1.82, 2.24) is 4.90 Å². The Hall–Kier alpha value is 0.310. The van der Waals surface area contributed by atoms with Gasteiger partial charge in [-0.25, -0.2) is 0 Å². The topological polar surface area (TPSA) is 3.24 Å². The first-order valence-corrected chi connectivity index (χ1v) is 8.14. The fraction of sp³-hybridized carbons (Fsp3) is 1.00. The van der Waals surface area contributed by atoms with Crippen LogP contribution in [0.2, 0.25) is 0 Å². The fourth-order valence-electron chi connectivity index (χ4n) is 2.25. The largest absolute Gasteiger partial charge is 0.303 e. The van der Waals surface area contributed by atoms with Crippen LogP contribution in [0.15, 0.2) is 0 Å². The van der Waals surface area contributed by atoms with Crippen LogP contribution in [0.3, 0.4) is 0 Å². The Kier molecular flexibility index (Phi) is 10.4. The lowest BCUT2D eigenvalue weighted by Gasteiger charge is -2.36. The van der Waals surface area contributed by atoms with E-state index in [0.29, 0.717) is 5.41 Å². The van der Waals surface area contributed by atoms with Crippen LogP contribution < -0.4 is 0 Å². The Balaban J connectivity index is 4.34. The number of hydrogen-bond acceptors (Lipinski definition) is 2. The van der Waals surface area contributed by atoms with Gasteiger partial charge in [0.15, 0.2) is 0 Å². The van der Waals surface area contributed by atoms with Crippen molar-refractivity contribution < 1.29 is 0 Å². The monoisotopic (exact) mass is 259 g/mol. The molecule has 0 aliphatic rings. The van der Waals surface area contributed by atoms with Crippen LogP contribution in [0.4, 0.5) is 0 Å². The van der Waals surface area contributed by atoms with Gasteiger partial charge < -0.3 is 4.90 Å². The lowest BCUT2D eigenvalue weighted by atomic mass is 9.83. The molecule has 0 aromatic rings. The van der Waals surface area contributed by atoms with Crippen LogP contribution in [0.1, 0.15) is 66.2 Å². The van der Waals surface area contributed by atoms with Gasteiger partial charge in [-0.05, 0) is 49.9 Å². The van der Waals surface area contributed by atoms with E-state index in [0.717, 1.165) is 5.75 Å². The summed E-state index contributed by atoms with van der Waals surface area (Å²) in [6.07, 6.45) is 7.77. The standard InChI is InChI=1S/C15H33NS/c1-5-9-11-16(12-10-6-2)13-15(7-3,8-4)14-17/h17H,5-14H2,1-4H3. The van der Waals surface area contributed by atoms with E-state index in [1.54, 1.807) is 0 Å². The molecule has 0 aromatic heterocycles. The van der Waals surface area contributed by atoms with Crippen LogP contribution in [-0.2, 0) is 0 Å². The molecule has 0 amide bonds. The molecule has 2 heteroatoms. The Bertz CT molecular complexity index is 150. The summed E-state index contributed by atoms with van der Waals surface area (Å²) in [7, 11) is 0. The maximum atomic E-state index is 4.59. The van der Waals surface area contributed by atoms with E-state index in [2.05, 4.69) is 45.2 Å². The molecule has 1 nitrogen and oxygen atoms in total. The number of nitrogens with zero attached hydrogens (tertiary/aromatic N) is 1. The van der Waals surface area contributed by atoms with Gasteiger partial charge in [0.05, 0.1) is 0 Å². The summed E-state index contributed by atoms with van der Waals surface area (Å²) >= 11 is 4.59. The maximum absolute atomic E-state index is 4.59. The van der Waals surface area contributed by atoms with Crippen LogP contribution in [0.25, 0.3) is 0 Å². The predicted molar refractivity (Wildman–Crippen MR) is 83.1 cm³/mol. The minimum atomic E-state index is 0.435. The van der Waals surface area contributed by atoms with Gasteiger partial charge in [-0.2, -0.15) is 12.6 Å². The van der Waals surface area contributed by atoms with E-state index in [4.69, 9.17) is 0 Å². The minimum absolute atomic E-state index is 0.435. The number of thiol groups is 1. The van der Waals surface area contributed by atoms with E-state index in [9.17, 15) is 0 Å². The molecule has 0 unspecified atom stereocenters. The normalized spacial score (nSPS) is 12.4. The molecule has 0 radical (unpaired) electrons. The van der Waals surface area contributed by atoms with E-state index < -0.39 is 0 Å². The van der Waals surface area contributed by atoms with Gasteiger partial charge >= 0.3 is 0 Å². The first-order valence-electron chi connectivity index (χ1n) is 7.51. The molecule has 104 valence electrons. The van der Waals surface area contributed by atoms with Crippen LogP contribution in [0, 0.1) is 5.41 Å². The molecule has 0 aliphatic heterocycles. The SMILES string of the molecule is CCCCN(CCCC)CC(CC)(CC)CS. The smallest absolute Gasteiger partial charge is 0.00456 e. The van der Waals surface area contributed by atoms with Crippen molar-refractivity contribution >= 4 is 12.6 Å². The van der Waals surface area contributed by atoms with Crippen molar-refractivity contribution in [2.75, 3.05) is 25.4 Å². The van der Waals surface area contributed by atoms with E-state index in [1.165, 1.54) is 58.2 Å². The van der Waals surface area contributed by atoms with Gasteiger partial charge in [-0.1, -0.05) is 40.5 Å². The number of rotatable bonds is 11. The molecule has 0 saturated heterocycles. The number of hydrogen-bond donors (Lipinski definition) is 1. The lowest BCUT2D eigenvalue weighted by molar-refractivity contribution is 0.154. The van der Waals surface area contributed by atoms with Gasteiger partial charge in [0.1, 0.15) is 0 Å². The average molecular weight is 260 g/mol. The first-order chi connectivity index (χ1) is 8.17. The molecule has 0 heterocycles. The van der Waals surface area contributed by atoms with E-state index in [1.807, 2.05) is 0 Å². The highest BCUT2D eigenvalue weighted by Crippen LogP contribution is 2.29. The van der Waals surface area contributed by atoms with Gasteiger partial charge in [0.2, 0.25) is 0 Å². The molecular formula is C15H33NS. The third kappa shape index (κ3) is 6.71. The van der Waals surface area contributed by atoms with Crippen LogP contribution >= 0.6 is 12.6 Å². The van der Waals surface area contributed by atoms with Gasteiger partial charge in [-0.15, -0.1) is 0 Å². The molecule has 0 aliphatic carbocycles. The molecule has 0 fully saturated rings. The Morgan fingerprint density at radius 3 is 1.65 bits per heavy atom. The Labute approximate surface area is 115 Å². The third-order valence-corrected chi connectivity index (χ3v) is 4.72. The summed E-state index contributed by atoms with van der Waals surface area (Å²) in [4.78, 5) is 2.68. The molecule has 0 atom stereocenters. The summed E-state index contributed by atoms with van der Waals surface area (Å²) in [5, 5.41) is 0. The summed E-state index contributed by atoms with van der Waals surface area (Å²) < 4.78 is 0. The molecule has 0 spiro atoms. The molecule has 17 heavy (non-hydrogen) atoms. The van der Waals surface area contributed by atoms with Crippen molar-refractivity contribution in [2.24, 2.45) is 5.41 Å². The van der Waals surface area contributed by atoms with Gasteiger partial charge in [0.25, 0.3) is 0 Å². The second-order valence-corrected chi connectivity index (χ2v) is 5.66.